The van der Waals surface area contributed by atoms with Gasteiger partial charge in [-0.3, -0.25) is 9.59 Å². The van der Waals surface area contributed by atoms with Crippen molar-refractivity contribution >= 4 is 35.8 Å². The van der Waals surface area contributed by atoms with E-state index in [1.54, 1.807) is 6.92 Å². The monoisotopic (exact) mass is 540 g/mol. The van der Waals surface area contributed by atoms with Gasteiger partial charge in [-0.15, -0.1) is 0 Å². The summed E-state index contributed by atoms with van der Waals surface area (Å²) in [5.74, 6) is -11.0. The smallest absolute Gasteiger partial charge is 0.550 e. The Balaban J connectivity index is -0.0000000916. The maximum atomic E-state index is 10.3. The molecule has 0 amide bonds. The van der Waals surface area contributed by atoms with Gasteiger partial charge >= 0.3 is 107 Å². The second-order valence-corrected chi connectivity index (χ2v) is 6.26. The molecule has 0 aromatic heterocycles. The number of carboxylic acid groups (broad SMARTS) is 6. The molecule has 186 valence electrons. The van der Waals surface area contributed by atoms with Gasteiger partial charge in [-0.1, -0.05) is 0 Å². The summed E-state index contributed by atoms with van der Waals surface area (Å²) in [7, 11) is 0. The molecule has 0 aliphatic rings. The summed E-state index contributed by atoms with van der Waals surface area (Å²) in [6, 6.07) is 0. The molecule has 0 radical (unpaired) electrons. The topological polar surface area (TPSA) is 313 Å². The molecule has 19 heteroatoms. The molecule has 0 aromatic rings. The van der Waals surface area contributed by atoms with Crippen LogP contribution in [0.25, 0.3) is 0 Å². The van der Waals surface area contributed by atoms with Gasteiger partial charge in [-0.25, -0.2) is 4.79 Å². The summed E-state index contributed by atoms with van der Waals surface area (Å²) in [5.41, 5.74) is -5.71. The standard InChI is InChI=1S/2C6H8O7.C4H10O2.3Na/c2*7-3(8)1-6(13,5(11)12)2-4(9)10;1-4(6)2-3-5;;;/h2*13H,1-2H2,(H,7,8)(H,9,10)(H,11,12);4-6H,2-3H2,1H3;;;/q;;;3*+1/p-3. The summed E-state index contributed by atoms with van der Waals surface area (Å²) >= 11 is 0. The van der Waals surface area contributed by atoms with Crippen LogP contribution >= 0.6 is 0 Å². The van der Waals surface area contributed by atoms with Gasteiger partial charge in [-0.05, 0) is 13.3 Å². The second kappa shape index (κ2) is 24.0. The molecule has 0 bridgehead atoms. The maximum Gasteiger partial charge on any atom is 1.00 e. The Morgan fingerprint density at radius 1 is 0.714 bits per heavy atom. The molecule has 0 fully saturated rings. The molecule has 16 nitrogen and oxygen atoms in total. The minimum Gasteiger partial charge on any atom is -0.550 e. The number of aliphatic carboxylic acids is 6. The van der Waals surface area contributed by atoms with Crippen molar-refractivity contribution in [2.75, 3.05) is 6.61 Å². The SMILES string of the molecule is CC(O)CCO.O=C(O)CC(O)(CC(=O)O)C(=O)O.O=C([O-])CC(O)(CC(=O)[O-])C(=O)[O-].[Na+].[Na+].[Na+]. The summed E-state index contributed by atoms with van der Waals surface area (Å²) < 4.78 is 0. The van der Waals surface area contributed by atoms with E-state index in [0.717, 1.165) is 0 Å². The number of rotatable bonds is 12. The molecule has 0 saturated carbocycles. The van der Waals surface area contributed by atoms with Crippen molar-refractivity contribution in [2.24, 2.45) is 0 Å². The third kappa shape index (κ3) is 28.1. The van der Waals surface area contributed by atoms with Crippen LogP contribution in [0, 0.1) is 0 Å². The van der Waals surface area contributed by atoms with Crippen molar-refractivity contribution in [3.63, 3.8) is 0 Å². The molecule has 0 saturated heterocycles. The molecule has 7 N–H and O–H groups in total. The zero-order valence-electron chi connectivity index (χ0n) is 19.6. The van der Waals surface area contributed by atoms with Crippen molar-refractivity contribution in [1.82, 2.24) is 0 Å². The summed E-state index contributed by atoms with van der Waals surface area (Å²) in [5, 5.41) is 89.2. The number of aliphatic hydroxyl groups is 4. The number of aliphatic hydroxyl groups excluding tert-OH is 2. The van der Waals surface area contributed by atoms with E-state index in [4.69, 9.17) is 35.7 Å². The first-order valence-corrected chi connectivity index (χ1v) is 8.34. The van der Waals surface area contributed by atoms with Gasteiger partial charge in [0.1, 0.15) is 5.60 Å². The summed E-state index contributed by atoms with van der Waals surface area (Å²) in [6.07, 6.45) is -4.87. The minimum atomic E-state index is -2.97. The van der Waals surface area contributed by atoms with E-state index in [2.05, 4.69) is 0 Å². The van der Waals surface area contributed by atoms with Gasteiger partial charge in [0.2, 0.25) is 0 Å². The van der Waals surface area contributed by atoms with Gasteiger partial charge in [0.05, 0.1) is 24.9 Å². The first-order chi connectivity index (χ1) is 14.3. The van der Waals surface area contributed by atoms with Gasteiger partial charge in [-0.2, -0.15) is 0 Å². The average Bonchev–Trinajstić information content (AvgIpc) is 2.52. The van der Waals surface area contributed by atoms with Crippen molar-refractivity contribution in [3.05, 3.63) is 0 Å². The Kier molecular flexibility index (Phi) is 32.8. The van der Waals surface area contributed by atoms with Gasteiger partial charge in [0, 0.05) is 31.4 Å². The second-order valence-electron chi connectivity index (χ2n) is 6.26. The molecule has 0 spiro atoms. The molecular weight excluding hydrogens is 517 g/mol. The predicted octanol–water partition coefficient (Wildman–Crippen LogP) is -15.7. The zero-order chi connectivity index (χ0) is 26.3. The first-order valence-electron chi connectivity index (χ1n) is 8.34. The van der Waals surface area contributed by atoms with E-state index in [-0.39, 0.29) is 101 Å². The predicted molar refractivity (Wildman–Crippen MR) is 89.7 cm³/mol. The fourth-order valence-electron chi connectivity index (χ4n) is 1.59. The number of carbonyl (C=O) groups excluding carboxylic acids is 3. The van der Waals surface area contributed by atoms with Crippen molar-refractivity contribution < 1.29 is 169 Å². The molecule has 0 aliphatic heterocycles. The van der Waals surface area contributed by atoms with Gasteiger partial charge in [0.15, 0.2) is 5.60 Å². The molecule has 1 atom stereocenters. The first kappa shape index (κ1) is 47.8. The number of hydrogen-bond acceptors (Lipinski definition) is 13. The molecule has 0 aromatic carbocycles. The van der Waals surface area contributed by atoms with Crippen LogP contribution in [0.3, 0.4) is 0 Å². The summed E-state index contributed by atoms with van der Waals surface area (Å²) in [4.78, 5) is 60.5. The van der Waals surface area contributed by atoms with E-state index >= 15 is 0 Å². The van der Waals surface area contributed by atoms with E-state index in [1.165, 1.54) is 0 Å². The Morgan fingerprint density at radius 2 is 1.03 bits per heavy atom. The van der Waals surface area contributed by atoms with Crippen LogP contribution < -0.4 is 104 Å². The van der Waals surface area contributed by atoms with Crippen molar-refractivity contribution in [2.45, 2.75) is 56.3 Å². The molecule has 0 aliphatic carbocycles. The van der Waals surface area contributed by atoms with Gasteiger partial charge < -0.3 is 65.4 Å². The van der Waals surface area contributed by atoms with E-state index in [0.29, 0.717) is 6.42 Å². The van der Waals surface area contributed by atoms with Crippen LogP contribution in [-0.2, 0) is 28.8 Å². The molecule has 35 heavy (non-hydrogen) atoms. The third-order valence-electron chi connectivity index (χ3n) is 3.09. The molecule has 1 unspecified atom stereocenters. The fourth-order valence-corrected chi connectivity index (χ4v) is 1.59. The van der Waals surface area contributed by atoms with E-state index < -0.39 is 72.7 Å². The number of hydrogen-bond donors (Lipinski definition) is 7. The van der Waals surface area contributed by atoms with E-state index in [9.17, 15) is 44.1 Å². The largest absolute Gasteiger partial charge is 1.00 e. The Hall–Kier alpha value is -0.340. The zero-order valence-corrected chi connectivity index (χ0v) is 25.6. The van der Waals surface area contributed by atoms with Crippen molar-refractivity contribution in [3.8, 4) is 0 Å². The van der Waals surface area contributed by atoms with Crippen molar-refractivity contribution in [1.29, 1.82) is 0 Å². The molecular formula is C16H23Na3O16. The molecule has 0 heterocycles. The normalized spacial score (nSPS) is 10.5. The van der Waals surface area contributed by atoms with Crippen LogP contribution in [0.15, 0.2) is 0 Å². The summed E-state index contributed by atoms with van der Waals surface area (Å²) in [6.45, 7) is 1.73. The minimum absolute atomic E-state index is 0. The Morgan fingerprint density at radius 3 is 1.14 bits per heavy atom. The van der Waals surface area contributed by atoms with Crippen LogP contribution in [0.1, 0.15) is 39.0 Å². The quantitative estimate of drug-likeness (QED) is 0.113. The number of carbonyl (C=O) groups is 6. The third-order valence-corrected chi connectivity index (χ3v) is 3.09. The average molecular weight is 540 g/mol. The van der Waals surface area contributed by atoms with Gasteiger partial charge in [0.25, 0.3) is 0 Å². The molecule has 0 rings (SSSR count). The van der Waals surface area contributed by atoms with Crippen LogP contribution in [0.2, 0.25) is 0 Å². The fraction of sp³-hybridized carbons (Fsp3) is 0.625. The van der Waals surface area contributed by atoms with Crippen LogP contribution in [0.5, 0.6) is 0 Å². The Bertz CT molecular complexity index is 598. The Labute approximate surface area is 264 Å². The number of carboxylic acids is 6. The maximum absolute atomic E-state index is 10.3. The van der Waals surface area contributed by atoms with Crippen LogP contribution in [0.4, 0.5) is 0 Å². The van der Waals surface area contributed by atoms with Crippen LogP contribution in [-0.4, -0.2) is 95.5 Å². The van der Waals surface area contributed by atoms with E-state index in [1.807, 2.05) is 0 Å².